The number of amides is 1. The molecule has 4 heteroatoms. The molecular weight excluding hydrogens is 268 g/mol. The Morgan fingerprint density at radius 1 is 1.20 bits per heavy atom. The maximum atomic E-state index is 13.1. The molecule has 2 saturated heterocycles. The summed E-state index contributed by atoms with van der Waals surface area (Å²) in [6, 6.07) is 0. The van der Waals surface area contributed by atoms with Crippen molar-refractivity contribution in [3.05, 3.63) is 0 Å². The Hall–Kier alpha value is -0.220. The van der Waals surface area contributed by atoms with Crippen molar-refractivity contribution in [1.29, 1.82) is 0 Å². The number of nitrogens with zero attached hydrogens (tertiary/aromatic N) is 1. The fourth-order valence-corrected chi connectivity index (χ4v) is 4.61. The number of hydrogen-bond donors (Lipinski definition) is 1. The highest BCUT2D eigenvalue weighted by Crippen LogP contribution is 2.38. The van der Waals surface area contributed by atoms with Crippen LogP contribution in [0.3, 0.4) is 0 Å². The van der Waals surface area contributed by atoms with Gasteiger partial charge in [0, 0.05) is 23.6 Å². The SMILES string of the molecule is CCCC1(C(=O)N2CCSC(C)(C)CC2)CCNCC1. The number of carbonyl (C=O) groups excluding carboxylic acids is 1. The van der Waals surface area contributed by atoms with E-state index in [0.717, 1.165) is 64.0 Å². The van der Waals surface area contributed by atoms with Crippen molar-refractivity contribution in [3.63, 3.8) is 0 Å². The minimum absolute atomic E-state index is 0.0703. The number of nitrogens with one attached hydrogen (secondary N) is 1. The minimum atomic E-state index is -0.0703. The minimum Gasteiger partial charge on any atom is -0.341 e. The van der Waals surface area contributed by atoms with Gasteiger partial charge in [-0.3, -0.25) is 4.79 Å². The van der Waals surface area contributed by atoms with E-state index in [1.807, 2.05) is 11.8 Å². The van der Waals surface area contributed by atoms with E-state index in [9.17, 15) is 4.79 Å². The second-order valence-electron chi connectivity index (χ2n) is 6.93. The van der Waals surface area contributed by atoms with Crippen molar-refractivity contribution in [2.45, 2.75) is 57.6 Å². The molecule has 0 atom stereocenters. The topological polar surface area (TPSA) is 32.3 Å². The fraction of sp³-hybridized carbons (Fsp3) is 0.938. The first-order valence-corrected chi connectivity index (χ1v) is 9.12. The van der Waals surface area contributed by atoms with E-state index < -0.39 is 0 Å². The van der Waals surface area contributed by atoms with E-state index in [1.54, 1.807) is 0 Å². The van der Waals surface area contributed by atoms with Gasteiger partial charge in [0.05, 0.1) is 5.41 Å². The molecule has 0 spiro atoms. The summed E-state index contributed by atoms with van der Waals surface area (Å²) in [6.07, 6.45) is 5.32. The molecule has 0 unspecified atom stereocenters. The Kier molecular flexibility index (Phi) is 5.41. The van der Waals surface area contributed by atoms with Crippen molar-refractivity contribution in [1.82, 2.24) is 10.2 Å². The summed E-state index contributed by atoms with van der Waals surface area (Å²) in [6.45, 7) is 10.7. The molecule has 3 nitrogen and oxygen atoms in total. The van der Waals surface area contributed by atoms with Crippen molar-refractivity contribution < 1.29 is 4.79 Å². The first kappa shape index (κ1) is 16.2. The molecule has 0 aromatic carbocycles. The Balaban J connectivity index is 2.07. The van der Waals surface area contributed by atoms with E-state index in [-0.39, 0.29) is 5.41 Å². The zero-order chi connectivity index (χ0) is 14.6. The zero-order valence-electron chi connectivity index (χ0n) is 13.3. The molecule has 2 rings (SSSR count). The molecule has 20 heavy (non-hydrogen) atoms. The molecule has 2 heterocycles. The molecule has 1 amide bonds. The highest BCUT2D eigenvalue weighted by Gasteiger charge is 2.41. The molecule has 0 saturated carbocycles. The Morgan fingerprint density at radius 3 is 2.55 bits per heavy atom. The van der Waals surface area contributed by atoms with Crippen LogP contribution in [-0.4, -0.2) is 47.5 Å². The van der Waals surface area contributed by atoms with Crippen LogP contribution in [0.5, 0.6) is 0 Å². The van der Waals surface area contributed by atoms with E-state index in [1.165, 1.54) is 0 Å². The molecule has 0 aromatic rings. The lowest BCUT2D eigenvalue weighted by Gasteiger charge is -2.40. The summed E-state index contributed by atoms with van der Waals surface area (Å²) in [4.78, 5) is 15.3. The number of carbonyl (C=O) groups is 1. The smallest absolute Gasteiger partial charge is 0.228 e. The van der Waals surface area contributed by atoms with Crippen LogP contribution in [0.1, 0.15) is 52.9 Å². The molecule has 1 N–H and O–H groups in total. The normalized spacial score (nSPS) is 26.1. The van der Waals surface area contributed by atoms with Crippen molar-refractivity contribution >= 4 is 17.7 Å². The maximum Gasteiger partial charge on any atom is 0.228 e. The summed E-state index contributed by atoms with van der Waals surface area (Å²) in [5.41, 5.74) is -0.0703. The molecule has 0 radical (unpaired) electrons. The van der Waals surface area contributed by atoms with Gasteiger partial charge < -0.3 is 10.2 Å². The highest BCUT2D eigenvalue weighted by molar-refractivity contribution is 8.00. The van der Waals surface area contributed by atoms with Crippen LogP contribution in [0.4, 0.5) is 0 Å². The molecule has 2 aliphatic rings. The number of rotatable bonds is 3. The molecular formula is C16H30N2OS. The monoisotopic (exact) mass is 298 g/mol. The lowest BCUT2D eigenvalue weighted by atomic mass is 9.74. The second-order valence-corrected chi connectivity index (χ2v) is 8.73. The van der Waals surface area contributed by atoms with Gasteiger partial charge in [-0.15, -0.1) is 0 Å². The Morgan fingerprint density at radius 2 is 1.90 bits per heavy atom. The summed E-state index contributed by atoms with van der Waals surface area (Å²) in [7, 11) is 0. The average Bonchev–Trinajstić information content (AvgIpc) is 2.60. The van der Waals surface area contributed by atoms with Crippen LogP contribution < -0.4 is 5.32 Å². The molecule has 116 valence electrons. The first-order chi connectivity index (χ1) is 9.49. The van der Waals surface area contributed by atoms with Gasteiger partial charge in [-0.05, 0) is 38.8 Å². The maximum absolute atomic E-state index is 13.1. The first-order valence-electron chi connectivity index (χ1n) is 8.13. The second kappa shape index (κ2) is 6.69. The van der Waals surface area contributed by atoms with E-state index >= 15 is 0 Å². The van der Waals surface area contributed by atoms with Gasteiger partial charge in [-0.2, -0.15) is 11.8 Å². The summed E-state index contributed by atoms with van der Waals surface area (Å²) in [5, 5.41) is 3.41. The summed E-state index contributed by atoms with van der Waals surface area (Å²) < 4.78 is 0.321. The number of thioether (sulfide) groups is 1. The third-order valence-electron chi connectivity index (χ3n) is 4.87. The standard InChI is InChI=1S/C16H30N2OS/c1-4-5-16(6-9-17-10-7-16)14(19)18-11-8-15(2,3)20-13-12-18/h17H,4-13H2,1-3H3. The summed E-state index contributed by atoms with van der Waals surface area (Å²) >= 11 is 2.02. The van der Waals surface area contributed by atoms with Gasteiger partial charge in [0.15, 0.2) is 0 Å². The van der Waals surface area contributed by atoms with Crippen molar-refractivity contribution in [2.24, 2.45) is 5.41 Å². The highest BCUT2D eigenvalue weighted by atomic mass is 32.2. The van der Waals surface area contributed by atoms with Crippen molar-refractivity contribution in [2.75, 3.05) is 31.9 Å². The third-order valence-corrected chi connectivity index (χ3v) is 6.24. The van der Waals surface area contributed by atoms with E-state index in [4.69, 9.17) is 0 Å². The molecule has 0 aliphatic carbocycles. The van der Waals surface area contributed by atoms with Gasteiger partial charge in [0.2, 0.25) is 5.91 Å². The number of hydrogen-bond acceptors (Lipinski definition) is 3. The fourth-order valence-electron chi connectivity index (χ4n) is 3.51. The quantitative estimate of drug-likeness (QED) is 0.869. The Bertz CT molecular complexity index is 332. The van der Waals surface area contributed by atoms with Crippen LogP contribution >= 0.6 is 11.8 Å². The zero-order valence-corrected chi connectivity index (χ0v) is 14.2. The summed E-state index contributed by atoms with van der Waals surface area (Å²) in [5.74, 6) is 1.53. The third kappa shape index (κ3) is 3.70. The molecule has 2 fully saturated rings. The van der Waals surface area contributed by atoms with Gasteiger partial charge in [-0.1, -0.05) is 27.2 Å². The van der Waals surface area contributed by atoms with Crippen LogP contribution in [0.2, 0.25) is 0 Å². The van der Waals surface area contributed by atoms with Crippen LogP contribution in [0.25, 0.3) is 0 Å². The predicted octanol–water partition coefficient (Wildman–Crippen LogP) is 2.90. The largest absolute Gasteiger partial charge is 0.341 e. The van der Waals surface area contributed by atoms with E-state index in [0.29, 0.717) is 10.7 Å². The van der Waals surface area contributed by atoms with Crippen LogP contribution in [0.15, 0.2) is 0 Å². The van der Waals surface area contributed by atoms with Gasteiger partial charge in [0.1, 0.15) is 0 Å². The molecule has 0 aromatic heterocycles. The number of piperidine rings is 1. The lowest BCUT2D eigenvalue weighted by Crippen LogP contribution is -2.50. The van der Waals surface area contributed by atoms with Gasteiger partial charge >= 0.3 is 0 Å². The lowest BCUT2D eigenvalue weighted by molar-refractivity contribution is -0.144. The predicted molar refractivity (Wildman–Crippen MR) is 87.2 cm³/mol. The average molecular weight is 298 g/mol. The van der Waals surface area contributed by atoms with Crippen molar-refractivity contribution in [3.8, 4) is 0 Å². The van der Waals surface area contributed by atoms with Crippen LogP contribution in [-0.2, 0) is 4.79 Å². The Labute approximate surface area is 128 Å². The van der Waals surface area contributed by atoms with Gasteiger partial charge in [0.25, 0.3) is 0 Å². The van der Waals surface area contributed by atoms with E-state index in [2.05, 4.69) is 31.0 Å². The molecule has 2 aliphatic heterocycles. The van der Waals surface area contributed by atoms with Crippen LogP contribution in [0, 0.1) is 5.41 Å². The molecule has 0 bridgehead atoms. The van der Waals surface area contributed by atoms with Gasteiger partial charge in [-0.25, -0.2) is 0 Å².